The first-order valence-corrected chi connectivity index (χ1v) is 29.8. The molecule has 7 rings (SSSR count). The van der Waals surface area contributed by atoms with E-state index in [9.17, 15) is 34.2 Å². The number of aliphatic hydroxyl groups is 2. The minimum absolute atomic E-state index is 0.00343. The first-order chi connectivity index (χ1) is 39.7. The zero-order valence-electron chi connectivity index (χ0n) is 50.3. The average molecular weight is 1140 g/mol. The largest absolute Gasteiger partial charge is 0.460 e. The fraction of sp³-hybridized carbons (Fsp3) is 0.567. The van der Waals surface area contributed by atoms with Crippen LogP contribution in [-0.2, 0) is 47.7 Å². The zero-order chi connectivity index (χ0) is 60.1. The highest BCUT2D eigenvalue weighted by Gasteiger charge is 2.53. The van der Waals surface area contributed by atoms with Crippen molar-refractivity contribution in [2.75, 3.05) is 27.9 Å². The van der Waals surface area contributed by atoms with E-state index in [1.54, 1.807) is 47.3 Å². The number of carbonyl (C=O) groups excluding carboxylic acids is 5. The van der Waals surface area contributed by atoms with E-state index < -0.39 is 77.8 Å². The number of hydrogen-bond acceptors (Lipinski definition) is 14. The molecular formula is C67H88N4O12. The molecule has 448 valence electrons. The Bertz CT molecular complexity index is 2920. The highest BCUT2D eigenvalue weighted by Crippen LogP contribution is 2.41. The molecule has 4 heterocycles. The van der Waals surface area contributed by atoms with Crippen LogP contribution in [0.15, 0.2) is 102 Å². The molecule has 4 aliphatic rings. The molecule has 16 nitrogen and oxygen atoms in total. The Morgan fingerprint density at radius 2 is 1.58 bits per heavy atom. The third-order valence-electron chi connectivity index (χ3n) is 17.9. The first kappa shape index (κ1) is 64.4. The Kier molecular flexibility index (Phi) is 22.9. The molecule has 2 bridgehead atoms. The summed E-state index contributed by atoms with van der Waals surface area (Å²) in [5.74, 6) is -5.45. The van der Waals surface area contributed by atoms with Gasteiger partial charge in [-0.3, -0.25) is 19.2 Å². The van der Waals surface area contributed by atoms with Gasteiger partial charge in [-0.1, -0.05) is 113 Å². The van der Waals surface area contributed by atoms with E-state index in [4.69, 9.17) is 30.1 Å². The third-order valence-corrected chi connectivity index (χ3v) is 17.9. The van der Waals surface area contributed by atoms with Crippen LogP contribution in [0.25, 0.3) is 22.4 Å². The summed E-state index contributed by atoms with van der Waals surface area (Å²) in [4.78, 5) is 73.4. The Balaban J connectivity index is 1.15. The quantitative estimate of drug-likeness (QED) is 0.0886. The molecule has 83 heavy (non-hydrogen) atoms. The number of fused-ring (bicyclic) bond motifs is 3. The van der Waals surface area contributed by atoms with Crippen LogP contribution in [0.2, 0.25) is 0 Å². The summed E-state index contributed by atoms with van der Waals surface area (Å²) >= 11 is 0. The molecule has 0 unspecified atom stereocenters. The molecule has 1 aliphatic carbocycles. The highest BCUT2D eigenvalue weighted by atomic mass is 16.6. The van der Waals surface area contributed by atoms with Crippen LogP contribution in [0.1, 0.15) is 137 Å². The summed E-state index contributed by atoms with van der Waals surface area (Å²) < 4.78 is 32.4. The molecule has 16 heteroatoms. The fourth-order valence-electron chi connectivity index (χ4n) is 12.7. The van der Waals surface area contributed by atoms with Gasteiger partial charge in [-0.25, -0.2) is 9.48 Å². The van der Waals surface area contributed by atoms with Crippen LogP contribution in [0.4, 0.5) is 0 Å². The van der Waals surface area contributed by atoms with Crippen molar-refractivity contribution in [3.8, 4) is 34.7 Å². The van der Waals surface area contributed by atoms with E-state index in [0.717, 1.165) is 39.9 Å². The number of ketones is 3. The number of esters is 1. The van der Waals surface area contributed by atoms with Crippen LogP contribution in [0, 0.1) is 47.9 Å². The number of nitrogens with zero attached hydrogens (tertiary/aromatic N) is 4. The number of ether oxygens (including phenoxy) is 5. The lowest BCUT2D eigenvalue weighted by Gasteiger charge is -2.42. The molecule has 2 aromatic carbocycles. The number of carbonyl (C=O) groups is 5. The summed E-state index contributed by atoms with van der Waals surface area (Å²) in [5, 5.41) is 32.7. The van der Waals surface area contributed by atoms with Crippen LogP contribution >= 0.6 is 0 Å². The number of benzene rings is 2. The van der Waals surface area contributed by atoms with Gasteiger partial charge in [0.1, 0.15) is 30.1 Å². The topological polar surface area (TPSA) is 206 Å². The third kappa shape index (κ3) is 15.8. The van der Waals surface area contributed by atoms with E-state index in [1.165, 1.54) is 12.0 Å². The highest BCUT2D eigenvalue weighted by molar-refractivity contribution is 6.39. The number of aliphatic hydroxyl groups excluding tert-OH is 1. The van der Waals surface area contributed by atoms with Gasteiger partial charge in [0.05, 0.1) is 36.2 Å². The fourth-order valence-corrected chi connectivity index (χ4v) is 12.7. The van der Waals surface area contributed by atoms with Crippen molar-refractivity contribution in [2.24, 2.45) is 35.5 Å². The summed E-state index contributed by atoms with van der Waals surface area (Å²) in [7, 11) is 4.66. The average Bonchev–Trinajstić information content (AvgIpc) is 4.20. The maximum atomic E-state index is 14.8. The maximum absolute atomic E-state index is 14.8. The number of Topliss-reactive ketones (excluding diaryl/α,β-unsaturated/α-hetero) is 3. The van der Waals surface area contributed by atoms with Crippen molar-refractivity contribution in [3.63, 3.8) is 0 Å². The minimum atomic E-state index is -2.45. The number of cyclic esters (lactones) is 1. The summed E-state index contributed by atoms with van der Waals surface area (Å²) in [6.45, 7) is 12.8. The lowest BCUT2D eigenvalue weighted by atomic mass is 9.77. The number of hydrogen-bond donors (Lipinski definition) is 2. The molecule has 3 aliphatic heterocycles. The van der Waals surface area contributed by atoms with Gasteiger partial charge >= 0.3 is 5.97 Å². The Morgan fingerprint density at radius 1 is 0.843 bits per heavy atom. The maximum Gasteiger partial charge on any atom is 0.329 e. The van der Waals surface area contributed by atoms with E-state index in [2.05, 4.69) is 22.3 Å². The van der Waals surface area contributed by atoms with Crippen molar-refractivity contribution in [1.82, 2.24) is 19.9 Å². The Labute approximate surface area is 491 Å². The van der Waals surface area contributed by atoms with Crippen LogP contribution in [0.3, 0.4) is 0 Å². The summed E-state index contributed by atoms with van der Waals surface area (Å²) in [6.07, 6.45) is 19.4. The summed E-state index contributed by atoms with van der Waals surface area (Å²) in [6, 6.07) is 14.7. The van der Waals surface area contributed by atoms with Gasteiger partial charge in [-0.05, 0) is 136 Å². The van der Waals surface area contributed by atoms with Crippen molar-refractivity contribution in [2.45, 2.75) is 180 Å². The molecule has 3 aromatic rings. The first-order valence-electron chi connectivity index (χ1n) is 29.8. The second kappa shape index (κ2) is 29.6. The van der Waals surface area contributed by atoms with Crippen molar-refractivity contribution in [3.05, 3.63) is 108 Å². The predicted octanol–water partition coefficient (Wildman–Crippen LogP) is 9.97. The standard InChI is InChI=1S/C67H88N4O12/c1-12-48-22-18-23-50(35-48)51-24-19-25-52(37-51)56-40-68-69-71(56)54-30-28-49(36-60(54)80-10)34-44(5)59-39-57(72)43(4)33-46(7)62(74)63(81-11)61(73)45(6)32-41(2)20-14-13-15-21-42(3)58(79-9)38-53-29-27-47(8)67(78,83-53)64(75)65(76)70-31-17-16-26-55(70)66(77)82-59/h1,13-15,18-25,33,35,37,40-41,43-45,47,49,53-55,58-60,62-63,74,78H,16-17,26-32,34,36,38-39H2,2-11H3/b15-13+,20-14+,42-21+,46-33+/t41-,43-,44-,45-,47-,49+,53+,54+,55+,58+,59+,60-,62-,63+,67-/m1/s1. The molecule has 3 fully saturated rings. The van der Waals surface area contributed by atoms with E-state index in [1.807, 2.05) is 105 Å². The monoisotopic (exact) mass is 1140 g/mol. The summed E-state index contributed by atoms with van der Waals surface area (Å²) in [5.41, 5.74) is 5.83. The molecule has 0 spiro atoms. The number of rotatable bonds is 9. The molecular weight excluding hydrogens is 1050 g/mol. The molecule has 0 radical (unpaired) electrons. The zero-order valence-corrected chi connectivity index (χ0v) is 50.3. The van der Waals surface area contributed by atoms with Gasteiger partial charge in [0.15, 0.2) is 5.78 Å². The van der Waals surface area contributed by atoms with Crippen LogP contribution in [0.5, 0.6) is 0 Å². The number of allylic oxidation sites excluding steroid dienone is 6. The van der Waals surface area contributed by atoms with E-state index in [-0.39, 0.29) is 60.9 Å². The normalized spacial score (nSPS) is 34.0. The SMILES string of the molecule is C#Cc1cccc(-c2cccc(-c3cnnn3[C@H]3CC[C@@H](C[C@@H](C)[C@@H]4CC(=O)[C@H](C)/C=C(\C)[C@@H](O)[C@@H](OC)C(=O)[C@H](C)C[C@H](C)/C=C/C=C/C=C(\C)[C@@H](OC)C[C@@H]5CC[C@@H](C)[C@@](O)(O5)C(=O)C(=O)N5CCCC[C@H]5C(=O)O4)C[C@H]3OC)c2)c1. The van der Waals surface area contributed by atoms with Gasteiger partial charge in [0.2, 0.25) is 5.79 Å². The van der Waals surface area contributed by atoms with Gasteiger partial charge in [-0.2, -0.15) is 0 Å². The van der Waals surface area contributed by atoms with Crippen LogP contribution < -0.4 is 0 Å². The van der Waals surface area contributed by atoms with E-state index >= 15 is 0 Å². The number of amides is 1. The number of aromatic nitrogens is 3. The molecule has 2 saturated heterocycles. The van der Waals surface area contributed by atoms with Gasteiger partial charge in [0.25, 0.3) is 11.7 Å². The number of methoxy groups -OCH3 is 3. The second-order valence-electron chi connectivity index (χ2n) is 24.0. The smallest absolute Gasteiger partial charge is 0.329 e. The van der Waals surface area contributed by atoms with Gasteiger partial charge in [-0.15, -0.1) is 11.5 Å². The Morgan fingerprint density at radius 3 is 2.30 bits per heavy atom. The molecule has 15 atom stereocenters. The van der Waals surface area contributed by atoms with Gasteiger partial charge in [0, 0.05) is 69.6 Å². The van der Waals surface area contributed by atoms with Gasteiger partial charge < -0.3 is 38.8 Å². The minimum Gasteiger partial charge on any atom is -0.460 e. The number of piperidine rings is 1. The van der Waals surface area contributed by atoms with Crippen molar-refractivity contribution >= 4 is 29.2 Å². The molecule has 1 aromatic heterocycles. The molecule has 2 N–H and O–H groups in total. The Hall–Kier alpha value is -6.19. The number of terminal acetylenes is 1. The molecule has 1 amide bonds. The lowest BCUT2D eigenvalue weighted by molar-refractivity contribution is -0.265. The predicted molar refractivity (Wildman–Crippen MR) is 317 cm³/mol. The van der Waals surface area contributed by atoms with Crippen LogP contribution in [-0.4, -0.2) is 136 Å². The second-order valence-corrected chi connectivity index (χ2v) is 24.0. The lowest BCUT2D eigenvalue weighted by Crippen LogP contribution is -2.61. The van der Waals surface area contributed by atoms with E-state index in [0.29, 0.717) is 63.4 Å². The van der Waals surface area contributed by atoms with Crippen molar-refractivity contribution < 1.29 is 57.9 Å². The van der Waals surface area contributed by atoms with Crippen molar-refractivity contribution in [1.29, 1.82) is 0 Å². The molecule has 1 saturated carbocycles.